The van der Waals surface area contributed by atoms with Gasteiger partial charge in [-0.3, -0.25) is 4.79 Å². The molecule has 2 N–H and O–H groups in total. The SMILES string of the molecule is O=C(O)CCCCCNc1ncnc2sc(-c3ccccc3)cc12. The van der Waals surface area contributed by atoms with Crippen LogP contribution in [0.4, 0.5) is 5.82 Å². The van der Waals surface area contributed by atoms with E-state index in [0.29, 0.717) is 6.42 Å². The first kappa shape index (κ1) is 16.4. The number of hydrogen-bond donors (Lipinski definition) is 2. The third kappa shape index (κ3) is 4.08. The Kier molecular flexibility index (Phi) is 5.38. The summed E-state index contributed by atoms with van der Waals surface area (Å²) in [6.45, 7) is 0.780. The summed E-state index contributed by atoms with van der Waals surface area (Å²) < 4.78 is 0. The van der Waals surface area contributed by atoms with Crippen LogP contribution in [0, 0.1) is 0 Å². The molecule has 0 spiro atoms. The van der Waals surface area contributed by atoms with Crippen LogP contribution in [0.15, 0.2) is 42.7 Å². The highest BCUT2D eigenvalue weighted by molar-refractivity contribution is 7.21. The number of benzene rings is 1. The van der Waals surface area contributed by atoms with E-state index < -0.39 is 5.97 Å². The lowest BCUT2D eigenvalue weighted by Gasteiger charge is -2.05. The second-order valence-electron chi connectivity index (χ2n) is 5.55. The fourth-order valence-electron chi connectivity index (χ4n) is 2.53. The van der Waals surface area contributed by atoms with Crippen LogP contribution in [0.5, 0.6) is 0 Å². The van der Waals surface area contributed by atoms with Gasteiger partial charge in [-0.15, -0.1) is 11.3 Å². The molecule has 2 aromatic heterocycles. The maximum Gasteiger partial charge on any atom is 0.303 e. The molecule has 0 aliphatic carbocycles. The van der Waals surface area contributed by atoms with E-state index in [1.807, 2.05) is 18.2 Å². The van der Waals surface area contributed by atoms with Crippen LogP contribution in [-0.4, -0.2) is 27.6 Å². The van der Waals surface area contributed by atoms with E-state index in [1.165, 1.54) is 10.4 Å². The lowest BCUT2D eigenvalue weighted by Crippen LogP contribution is -2.04. The summed E-state index contributed by atoms with van der Waals surface area (Å²) in [5, 5.41) is 13.0. The molecule has 3 rings (SSSR count). The molecule has 0 fully saturated rings. The number of aromatic nitrogens is 2. The number of unbranched alkanes of at least 4 members (excludes halogenated alkanes) is 2. The maximum absolute atomic E-state index is 10.5. The van der Waals surface area contributed by atoms with Gasteiger partial charge < -0.3 is 10.4 Å². The van der Waals surface area contributed by atoms with Crippen molar-refractivity contribution in [1.82, 2.24) is 9.97 Å². The van der Waals surface area contributed by atoms with Gasteiger partial charge in [0.15, 0.2) is 0 Å². The minimum atomic E-state index is -0.729. The highest BCUT2D eigenvalue weighted by Gasteiger charge is 2.09. The lowest BCUT2D eigenvalue weighted by atomic mass is 10.2. The number of carboxylic acid groups (broad SMARTS) is 1. The minimum Gasteiger partial charge on any atom is -0.481 e. The summed E-state index contributed by atoms with van der Waals surface area (Å²) in [6.07, 6.45) is 4.36. The number of nitrogens with zero attached hydrogens (tertiary/aromatic N) is 2. The summed E-state index contributed by atoms with van der Waals surface area (Å²) in [5.74, 6) is 0.115. The van der Waals surface area contributed by atoms with Gasteiger partial charge in [0.1, 0.15) is 17.0 Å². The van der Waals surface area contributed by atoms with Crippen LogP contribution in [0.2, 0.25) is 0 Å². The van der Waals surface area contributed by atoms with E-state index in [-0.39, 0.29) is 6.42 Å². The molecule has 0 amide bonds. The maximum atomic E-state index is 10.5. The standard InChI is InChI=1S/C18H19N3O2S/c22-16(23)9-5-2-6-10-19-17-14-11-15(13-7-3-1-4-8-13)24-18(14)21-12-20-17/h1,3-4,7-8,11-12H,2,5-6,9-10H2,(H,22,23)(H,19,20,21). The van der Waals surface area contributed by atoms with Crippen molar-refractivity contribution in [3.63, 3.8) is 0 Å². The zero-order valence-corrected chi connectivity index (χ0v) is 14.1. The molecule has 124 valence electrons. The molecule has 2 heterocycles. The molecular weight excluding hydrogens is 322 g/mol. The zero-order chi connectivity index (χ0) is 16.8. The van der Waals surface area contributed by atoms with Gasteiger partial charge >= 0.3 is 5.97 Å². The van der Waals surface area contributed by atoms with Crippen molar-refractivity contribution >= 4 is 33.3 Å². The van der Waals surface area contributed by atoms with Crippen molar-refractivity contribution in [2.75, 3.05) is 11.9 Å². The Morgan fingerprint density at radius 1 is 1.12 bits per heavy atom. The van der Waals surface area contributed by atoms with E-state index in [2.05, 4.69) is 33.5 Å². The van der Waals surface area contributed by atoms with Crippen molar-refractivity contribution in [1.29, 1.82) is 0 Å². The van der Waals surface area contributed by atoms with Gasteiger partial charge in [0, 0.05) is 17.8 Å². The summed E-state index contributed by atoms with van der Waals surface area (Å²) in [4.78, 5) is 21.4. The Morgan fingerprint density at radius 3 is 2.75 bits per heavy atom. The molecule has 0 unspecified atom stereocenters. The quantitative estimate of drug-likeness (QED) is 0.593. The van der Waals surface area contributed by atoms with Crippen LogP contribution in [-0.2, 0) is 4.79 Å². The van der Waals surface area contributed by atoms with E-state index in [9.17, 15) is 4.79 Å². The first-order valence-electron chi connectivity index (χ1n) is 7.99. The van der Waals surface area contributed by atoms with Crippen molar-refractivity contribution < 1.29 is 9.90 Å². The molecule has 3 aromatic rings. The van der Waals surface area contributed by atoms with Gasteiger partial charge in [-0.25, -0.2) is 9.97 Å². The van der Waals surface area contributed by atoms with Crippen molar-refractivity contribution in [2.45, 2.75) is 25.7 Å². The zero-order valence-electron chi connectivity index (χ0n) is 13.2. The van der Waals surface area contributed by atoms with Crippen LogP contribution in [0.3, 0.4) is 0 Å². The third-order valence-electron chi connectivity index (χ3n) is 3.75. The van der Waals surface area contributed by atoms with Crippen molar-refractivity contribution in [3.05, 3.63) is 42.7 Å². The predicted molar refractivity (Wildman–Crippen MR) is 97.4 cm³/mol. The Hall–Kier alpha value is -2.47. The molecule has 0 radical (unpaired) electrons. The van der Waals surface area contributed by atoms with Gasteiger partial charge in [-0.05, 0) is 24.5 Å². The second kappa shape index (κ2) is 7.88. The molecular formula is C18H19N3O2S. The Labute approximate surface area is 144 Å². The normalized spacial score (nSPS) is 10.8. The Bertz CT molecular complexity index is 818. The fourth-order valence-corrected chi connectivity index (χ4v) is 3.53. The first-order chi connectivity index (χ1) is 11.7. The molecule has 1 aromatic carbocycles. The van der Waals surface area contributed by atoms with E-state index in [1.54, 1.807) is 17.7 Å². The number of fused-ring (bicyclic) bond motifs is 1. The van der Waals surface area contributed by atoms with Crippen molar-refractivity contribution in [2.24, 2.45) is 0 Å². The van der Waals surface area contributed by atoms with E-state index in [4.69, 9.17) is 5.11 Å². The predicted octanol–water partition coefficient (Wildman–Crippen LogP) is 4.42. The molecule has 6 heteroatoms. The molecule has 0 aliphatic heterocycles. The van der Waals surface area contributed by atoms with Crippen LogP contribution >= 0.6 is 11.3 Å². The third-order valence-corrected chi connectivity index (χ3v) is 4.84. The number of rotatable bonds is 8. The van der Waals surface area contributed by atoms with E-state index in [0.717, 1.165) is 35.4 Å². The van der Waals surface area contributed by atoms with Gasteiger partial charge in [0.05, 0.1) is 5.39 Å². The fraction of sp³-hybridized carbons (Fsp3) is 0.278. The topological polar surface area (TPSA) is 75.1 Å². The lowest BCUT2D eigenvalue weighted by molar-refractivity contribution is -0.137. The Balaban J connectivity index is 1.66. The number of thiophene rings is 1. The van der Waals surface area contributed by atoms with Crippen LogP contribution < -0.4 is 5.32 Å². The second-order valence-corrected chi connectivity index (χ2v) is 6.58. The Morgan fingerprint density at radius 2 is 1.96 bits per heavy atom. The van der Waals surface area contributed by atoms with Crippen LogP contribution in [0.1, 0.15) is 25.7 Å². The van der Waals surface area contributed by atoms with Crippen LogP contribution in [0.25, 0.3) is 20.7 Å². The monoisotopic (exact) mass is 341 g/mol. The number of carboxylic acids is 1. The molecule has 0 bridgehead atoms. The number of nitrogens with one attached hydrogen (secondary N) is 1. The summed E-state index contributed by atoms with van der Waals surface area (Å²) in [6, 6.07) is 12.4. The average molecular weight is 341 g/mol. The highest BCUT2D eigenvalue weighted by atomic mass is 32.1. The summed E-state index contributed by atoms with van der Waals surface area (Å²) in [5.41, 5.74) is 1.18. The van der Waals surface area contributed by atoms with E-state index >= 15 is 0 Å². The molecule has 5 nitrogen and oxygen atoms in total. The number of carbonyl (C=O) groups is 1. The minimum absolute atomic E-state index is 0.239. The molecule has 0 saturated carbocycles. The highest BCUT2D eigenvalue weighted by Crippen LogP contribution is 2.34. The molecule has 0 saturated heterocycles. The van der Waals surface area contributed by atoms with Gasteiger partial charge in [0.2, 0.25) is 0 Å². The number of hydrogen-bond acceptors (Lipinski definition) is 5. The number of aliphatic carboxylic acids is 1. The largest absolute Gasteiger partial charge is 0.481 e. The summed E-state index contributed by atoms with van der Waals surface area (Å²) in [7, 11) is 0. The van der Waals surface area contributed by atoms with Gasteiger partial charge in [-0.2, -0.15) is 0 Å². The molecule has 0 aliphatic rings. The smallest absolute Gasteiger partial charge is 0.303 e. The number of anilines is 1. The van der Waals surface area contributed by atoms with Gasteiger partial charge in [-0.1, -0.05) is 36.8 Å². The average Bonchev–Trinajstić information content (AvgIpc) is 3.03. The summed E-state index contributed by atoms with van der Waals surface area (Å²) >= 11 is 1.66. The molecule has 0 atom stereocenters. The molecule has 24 heavy (non-hydrogen) atoms. The van der Waals surface area contributed by atoms with Crippen molar-refractivity contribution in [3.8, 4) is 10.4 Å². The first-order valence-corrected chi connectivity index (χ1v) is 8.81. The van der Waals surface area contributed by atoms with Gasteiger partial charge in [0.25, 0.3) is 0 Å².